The number of benzene rings is 1. The summed E-state index contributed by atoms with van der Waals surface area (Å²) in [5.41, 5.74) is 8.52. The van der Waals surface area contributed by atoms with Crippen molar-refractivity contribution < 1.29 is 13.9 Å². The Hall–Kier alpha value is -3.59. The highest BCUT2D eigenvalue weighted by Crippen LogP contribution is 2.25. The van der Waals surface area contributed by atoms with Crippen molar-refractivity contribution in [2.24, 2.45) is 11.6 Å². The van der Waals surface area contributed by atoms with E-state index in [0.717, 1.165) is 0 Å². The van der Waals surface area contributed by atoms with Crippen molar-refractivity contribution in [3.63, 3.8) is 0 Å². The number of nitrogens with two attached hydrogens (primary N) is 2. The van der Waals surface area contributed by atoms with Gasteiger partial charge in [-0.25, -0.2) is 20.0 Å². The minimum Gasteiger partial charge on any atom is -0.465 e. The highest BCUT2D eigenvalue weighted by molar-refractivity contribution is 5.91. The van der Waals surface area contributed by atoms with Gasteiger partial charge in [0.05, 0.1) is 24.7 Å². The molecule has 0 amide bonds. The summed E-state index contributed by atoms with van der Waals surface area (Å²) in [6, 6.07) is 5.75. The number of carbonyl (C=O) groups excluding carboxylic acids is 1. The van der Waals surface area contributed by atoms with Crippen LogP contribution in [0, 0.1) is 5.82 Å². The second-order valence-electron chi connectivity index (χ2n) is 6.15. The molecule has 2 aromatic rings. The van der Waals surface area contributed by atoms with Crippen LogP contribution in [0.25, 0.3) is 5.70 Å². The number of hydrogen-bond acceptors (Lipinski definition) is 7. The molecule has 146 valence electrons. The van der Waals surface area contributed by atoms with E-state index in [1.807, 2.05) is 0 Å². The van der Waals surface area contributed by atoms with Gasteiger partial charge in [-0.3, -0.25) is 5.01 Å². The first-order valence-corrected chi connectivity index (χ1v) is 8.44. The summed E-state index contributed by atoms with van der Waals surface area (Å²) in [4.78, 5) is 15.9. The van der Waals surface area contributed by atoms with Crippen LogP contribution in [0.1, 0.15) is 18.8 Å². The number of allylic oxidation sites excluding steroid dienone is 1. The van der Waals surface area contributed by atoms with Crippen molar-refractivity contribution in [2.45, 2.75) is 13.1 Å². The number of methoxy groups -OCH3 is 1. The lowest BCUT2D eigenvalue weighted by Crippen LogP contribution is -2.31. The molecule has 0 bridgehead atoms. The molecule has 0 saturated heterocycles. The molecule has 8 nitrogen and oxygen atoms in total. The van der Waals surface area contributed by atoms with Crippen molar-refractivity contribution in [1.29, 1.82) is 0 Å². The Bertz CT molecular complexity index is 957. The number of ether oxygens (including phenoxy) is 1. The number of halogens is 1. The number of hydrogen-bond donors (Lipinski definition) is 3. The van der Waals surface area contributed by atoms with Crippen molar-refractivity contribution in [3.8, 4) is 0 Å². The maximum absolute atomic E-state index is 13.2. The molecule has 0 radical (unpaired) electrons. The molecule has 1 atom stereocenters. The van der Waals surface area contributed by atoms with Crippen LogP contribution in [0.5, 0.6) is 0 Å². The number of esters is 1. The Labute approximate surface area is 161 Å². The Morgan fingerprint density at radius 1 is 1.36 bits per heavy atom. The summed E-state index contributed by atoms with van der Waals surface area (Å²) >= 11 is 0. The summed E-state index contributed by atoms with van der Waals surface area (Å²) in [7, 11) is 1.33. The predicted octanol–water partition coefficient (Wildman–Crippen LogP) is 1.76. The van der Waals surface area contributed by atoms with Crippen molar-refractivity contribution in [3.05, 3.63) is 77.9 Å². The Morgan fingerprint density at radius 2 is 2.07 bits per heavy atom. The maximum atomic E-state index is 13.2. The molecule has 0 aliphatic carbocycles. The summed E-state index contributed by atoms with van der Waals surface area (Å²) in [5, 5.41) is 4.45. The number of nitrogens with one attached hydrogen (secondary N) is 1. The number of imidazole rings is 1. The number of rotatable bonds is 5. The molecule has 9 heteroatoms. The number of dihydropyridines is 1. The van der Waals surface area contributed by atoms with Gasteiger partial charge in [-0.1, -0.05) is 0 Å². The number of nitrogens with zero attached hydrogens (tertiary/aromatic N) is 3. The van der Waals surface area contributed by atoms with Crippen molar-refractivity contribution in [2.75, 3.05) is 12.1 Å². The molecule has 1 aliphatic heterocycles. The Morgan fingerprint density at radius 3 is 2.64 bits per heavy atom. The van der Waals surface area contributed by atoms with Crippen LogP contribution in [0.2, 0.25) is 0 Å². The molecule has 2 heterocycles. The molecule has 1 aromatic heterocycles. The highest BCUT2D eigenvalue weighted by Gasteiger charge is 2.19. The number of hydrazine groups is 1. The zero-order chi connectivity index (χ0) is 20.3. The van der Waals surface area contributed by atoms with Crippen molar-refractivity contribution >= 4 is 17.4 Å². The van der Waals surface area contributed by atoms with Gasteiger partial charge >= 0.3 is 5.97 Å². The van der Waals surface area contributed by atoms with Gasteiger partial charge < -0.3 is 20.4 Å². The fourth-order valence-electron chi connectivity index (χ4n) is 2.76. The fraction of sp³-hybridized carbons (Fsp3) is 0.158. The van der Waals surface area contributed by atoms with Crippen LogP contribution in [0.4, 0.5) is 10.1 Å². The standard InChI is InChI=1S/C19H21FN6O2/c1-12(21)18(26(22)15-6-4-14(20)5-7-15)16-10-25(11-24-16)17-8-3-13(9-23-17)19(27)28-2/h3-11,17,23H,21-22H2,1-2H3/b18-12-. The van der Waals surface area contributed by atoms with Crippen LogP contribution >= 0.6 is 0 Å². The third-order valence-electron chi connectivity index (χ3n) is 4.17. The largest absolute Gasteiger partial charge is 0.465 e. The summed E-state index contributed by atoms with van der Waals surface area (Å²) in [6.07, 6.45) is 8.20. The van der Waals surface area contributed by atoms with Crippen LogP contribution < -0.4 is 21.9 Å². The van der Waals surface area contributed by atoms with E-state index < -0.39 is 5.97 Å². The van der Waals surface area contributed by atoms with Gasteiger partial charge in [0.1, 0.15) is 23.4 Å². The second kappa shape index (κ2) is 7.97. The molecule has 1 unspecified atom stereocenters. The average Bonchev–Trinajstić information content (AvgIpc) is 3.17. The summed E-state index contributed by atoms with van der Waals surface area (Å²) in [5.74, 6) is 5.43. The Balaban J connectivity index is 1.82. The van der Waals surface area contributed by atoms with E-state index in [1.54, 1.807) is 54.5 Å². The zero-order valence-electron chi connectivity index (χ0n) is 15.5. The molecule has 0 fully saturated rings. The third-order valence-corrected chi connectivity index (χ3v) is 4.17. The molecule has 0 spiro atoms. The van der Waals surface area contributed by atoms with E-state index in [-0.39, 0.29) is 12.0 Å². The van der Waals surface area contributed by atoms with E-state index in [2.05, 4.69) is 15.0 Å². The monoisotopic (exact) mass is 384 g/mol. The first kappa shape index (κ1) is 19.2. The smallest absolute Gasteiger partial charge is 0.339 e. The first-order chi connectivity index (χ1) is 13.4. The fourth-order valence-corrected chi connectivity index (χ4v) is 2.76. The SMILES string of the molecule is COC(=O)C1=CNC(n2cnc(/C(=C(\C)N)N(N)c3ccc(F)cc3)c2)C=C1. The lowest BCUT2D eigenvalue weighted by Gasteiger charge is -2.22. The van der Waals surface area contributed by atoms with Gasteiger partial charge in [0.25, 0.3) is 0 Å². The van der Waals surface area contributed by atoms with E-state index in [1.165, 1.54) is 24.3 Å². The summed E-state index contributed by atoms with van der Waals surface area (Å²) < 4.78 is 19.7. The molecule has 1 aliphatic rings. The number of anilines is 1. The van der Waals surface area contributed by atoms with Gasteiger partial charge in [-0.15, -0.1) is 0 Å². The predicted molar refractivity (Wildman–Crippen MR) is 103 cm³/mol. The van der Waals surface area contributed by atoms with Gasteiger partial charge in [-0.05, 0) is 43.3 Å². The summed E-state index contributed by atoms with van der Waals surface area (Å²) in [6.45, 7) is 1.71. The van der Waals surface area contributed by atoms with Crippen LogP contribution in [0.15, 0.2) is 66.4 Å². The third kappa shape index (κ3) is 3.89. The Kier molecular flexibility index (Phi) is 5.46. The van der Waals surface area contributed by atoms with E-state index in [9.17, 15) is 9.18 Å². The van der Waals surface area contributed by atoms with Gasteiger partial charge in [-0.2, -0.15) is 0 Å². The van der Waals surface area contributed by atoms with E-state index >= 15 is 0 Å². The lowest BCUT2D eigenvalue weighted by atomic mass is 10.2. The average molecular weight is 384 g/mol. The normalized spacial score (nSPS) is 16.7. The van der Waals surface area contributed by atoms with Crippen molar-refractivity contribution in [1.82, 2.24) is 14.9 Å². The van der Waals surface area contributed by atoms with Gasteiger partial charge in [0, 0.05) is 18.1 Å². The van der Waals surface area contributed by atoms with E-state index in [4.69, 9.17) is 11.6 Å². The zero-order valence-corrected chi connectivity index (χ0v) is 15.5. The highest BCUT2D eigenvalue weighted by atomic mass is 19.1. The van der Waals surface area contributed by atoms with Crippen LogP contribution in [-0.2, 0) is 9.53 Å². The minimum absolute atomic E-state index is 0.244. The number of aromatic nitrogens is 2. The molecule has 5 N–H and O–H groups in total. The second-order valence-corrected chi connectivity index (χ2v) is 6.15. The molecule has 1 aromatic carbocycles. The molecular weight excluding hydrogens is 363 g/mol. The number of carbonyl (C=O) groups is 1. The lowest BCUT2D eigenvalue weighted by molar-refractivity contribution is -0.135. The quantitative estimate of drug-likeness (QED) is 0.409. The minimum atomic E-state index is -0.421. The topological polar surface area (TPSA) is 111 Å². The first-order valence-electron chi connectivity index (χ1n) is 8.44. The molecule has 28 heavy (non-hydrogen) atoms. The molecule has 0 saturated carbocycles. The van der Waals surface area contributed by atoms with E-state index in [0.29, 0.717) is 28.3 Å². The molecular formula is C19H21FN6O2. The van der Waals surface area contributed by atoms with Gasteiger partial charge in [0.15, 0.2) is 0 Å². The van der Waals surface area contributed by atoms with Crippen LogP contribution in [0.3, 0.4) is 0 Å². The van der Waals surface area contributed by atoms with Gasteiger partial charge in [0.2, 0.25) is 0 Å². The molecule has 3 rings (SSSR count). The van der Waals surface area contributed by atoms with Crippen LogP contribution in [-0.4, -0.2) is 22.6 Å². The maximum Gasteiger partial charge on any atom is 0.339 e.